The second-order valence-electron chi connectivity index (χ2n) is 11.9. The molecule has 202 valence electrons. The maximum absolute atomic E-state index is 3.62. The van der Waals surface area contributed by atoms with Crippen LogP contribution in [-0.4, -0.2) is 0 Å². The largest absolute Gasteiger partial charge is 0.0622 e. The first-order valence-electron chi connectivity index (χ1n) is 15.0. The van der Waals surface area contributed by atoms with E-state index in [1.54, 1.807) is 0 Å². The van der Waals surface area contributed by atoms with E-state index in [-0.39, 0.29) is 5.41 Å². The van der Waals surface area contributed by atoms with Gasteiger partial charge in [-0.25, -0.2) is 0 Å². The van der Waals surface area contributed by atoms with Gasteiger partial charge in [-0.05, 0) is 84.3 Å². The normalized spacial score (nSPS) is 12.9. The summed E-state index contributed by atoms with van der Waals surface area (Å²) in [4.78, 5) is 0. The molecule has 0 spiro atoms. The molecule has 0 N–H and O–H groups in total. The molecule has 0 atom stereocenters. The first kappa shape index (κ1) is 25.3. The van der Waals surface area contributed by atoms with Crippen LogP contribution in [-0.2, 0) is 5.41 Å². The highest BCUT2D eigenvalue weighted by atomic mass is 14.4. The lowest BCUT2D eigenvalue weighted by Crippen LogP contribution is -2.14. The first-order valence-corrected chi connectivity index (χ1v) is 15.0. The van der Waals surface area contributed by atoms with E-state index in [1.165, 1.54) is 66.1 Å². The molecule has 0 heterocycles. The average Bonchev–Trinajstić information content (AvgIpc) is 3.30. The van der Waals surface area contributed by atoms with Crippen molar-refractivity contribution in [3.05, 3.63) is 168 Å². The molecule has 0 aliphatic heterocycles. The van der Waals surface area contributed by atoms with Crippen LogP contribution < -0.4 is 0 Å². The van der Waals surface area contributed by atoms with E-state index < -0.39 is 0 Å². The van der Waals surface area contributed by atoms with Crippen molar-refractivity contribution in [1.82, 2.24) is 0 Å². The molecule has 0 amide bonds. The van der Waals surface area contributed by atoms with E-state index in [4.69, 9.17) is 0 Å². The number of benzene rings is 7. The topological polar surface area (TPSA) is 0 Å². The van der Waals surface area contributed by atoms with Gasteiger partial charge in [0.15, 0.2) is 0 Å². The van der Waals surface area contributed by atoms with Crippen LogP contribution in [0.2, 0.25) is 0 Å². The Hall–Kier alpha value is -5.38. The third kappa shape index (κ3) is 4.01. The van der Waals surface area contributed by atoms with Crippen LogP contribution in [0.15, 0.2) is 146 Å². The minimum Gasteiger partial charge on any atom is -0.0622 e. The van der Waals surface area contributed by atoms with E-state index in [1.807, 2.05) is 18.2 Å². The van der Waals surface area contributed by atoms with Crippen LogP contribution in [0.25, 0.3) is 54.9 Å². The lowest BCUT2D eigenvalue weighted by atomic mass is 9.81. The van der Waals surface area contributed by atoms with Gasteiger partial charge in [0.2, 0.25) is 0 Å². The smallest absolute Gasteiger partial charge is 0.0406 e. The van der Waals surface area contributed by atoms with Gasteiger partial charge in [-0.15, -0.1) is 0 Å². The van der Waals surface area contributed by atoms with Crippen LogP contribution in [0.3, 0.4) is 0 Å². The van der Waals surface area contributed by atoms with E-state index in [0.717, 1.165) is 11.1 Å². The van der Waals surface area contributed by atoms with Crippen LogP contribution in [0.1, 0.15) is 36.1 Å². The average molecular weight is 547 g/mol. The molecule has 0 unspecified atom stereocenters. The van der Waals surface area contributed by atoms with Gasteiger partial charge in [0.1, 0.15) is 0 Å². The van der Waals surface area contributed by atoms with Crippen molar-refractivity contribution >= 4 is 21.5 Å². The summed E-state index contributed by atoms with van der Waals surface area (Å²) in [7, 11) is 0. The summed E-state index contributed by atoms with van der Waals surface area (Å²) in [5.41, 5.74) is 12.5. The predicted octanol–water partition coefficient (Wildman–Crippen LogP) is 11.0. The Morgan fingerprint density at radius 2 is 1.05 bits per heavy atom. The Bertz CT molecular complexity index is 2240. The van der Waals surface area contributed by atoms with E-state index in [0.29, 0.717) is 0 Å². The maximum atomic E-state index is 3.62. The summed E-state index contributed by atoms with van der Waals surface area (Å²) >= 11 is 0. The SMILES string of the molecule is CC1(C)c2ccccc2-c2c(-c3c4ccccc4c(C#Cc4ccccc4)c4ccc(-c5ccccc5)cc34)cccc21. The molecule has 7 aromatic rings. The maximum Gasteiger partial charge on any atom is 0.0406 e. The molecule has 8 rings (SSSR count). The van der Waals surface area contributed by atoms with Gasteiger partial charge in [-0.3, -0.25) is 0 Å². The van der Waals surface area contributed by atoms with E-state index in [9.17, 15) is 0 Å². The molecule has 0 fully saturated rings. The number of hydrogen-bond acceptors (Lipinski definition) is 0. The van der Waals surface area contributed by atoms with Crippen molar-refractivity contribution < 1.29 is 0 Å². The van der Waals surface area contributed by atoms with Crippen molar-refractivity contribution in [2.75, 3.05) is 0 Å². The van der Waals surface area contributed by atoms with Crippen LogP contribution in [0.4, 0.5) is 0 Å². The molecule has 0 nitrogen and oxygen atoms in total. The van der Waals surface area contributed by atoms with Crippen molar-refractivity contribution in [2.24, 2.45) is 0 Å². The highest BCUT2D eigenvalue weighted by Crippen LogP contribution is 2.54. The van der Waals surface area contributed by atoms with Gasteiger partial charge in [0.05, 0.1) is 0 Å². The van der Waals surface area contributed by atoms with Gasteiger partial charge in [0, 0.05) is 16.5 Å². The number of rotatable bonds is 2. The molecule has 0 heteroatoms. The van der Waals surface area contributed by atoms with E-state index in [2.05, 4.69) is 153 Å². The zero-order valence-electron chi connectivity index (χ0n) is 24.4. The number of fused-ring (bicyclic) bond motifs is 5. The van der Waals surface area contributed by atoms with Gasteiger partial charge in [-0.1, -0.05) is 153 Å². The van der Waals surface area contributed by atoms with Gasteiger partial charge in [0.25, 0.3) is 0 Å². The van der Waals surface area contributed by atoms with Crippen molar-refractivity contribution in [1.29, 1.82) is 0 Å². The summed E-state index contributed by atoms with van der Waals surface area (Å²) in [5.74, 6) is 7.08. The van der Waals surface area contributed by atoms with Crippen molar-refractivity contribution in [3.63, 3.8) is 0 Å². The highest BCUT2D eigenvalue weighted by molar-refractivity contribution is 6.19. The van der Waals surface area contributed by atoms with Crippen LogP contribution in [0, 0.1) is 11.8 Å². The Morgan fingerprint density at radius 1 is 0.419 bits per heavy atom. The van der Waals surface area contributed by atoms with Gasteiger partial charge in [-0.2, -0.15) is 0 Å². The second-order valence-corrected chi connectivity index (χ2v) is 11.9. The van der Waals surface area contributed by atoms with Gasteiger partial charge >= 0.3 is 0 Å². The van der Waals surface area contributed by atoms with Crippen LogP contribution in [0.5, 0.6) is 0 Å². The molecular weight excluding hydrogens is 516 g/mol. The molecule has 0 bridgehead atoms. The Kier molecular flexibility index (Phi) is 5.81. The molecule has 1 aliphatic rings. The third-order valence-corrected chi connectivity index (χ3v) is 9.11. The number of hydrogen-bond donors (Lipinski definition) is 0. The third-order valence-electron chi connectivity index (χ3n) is 9.11. The summed E-state index contributed by atoms with van der Waals surface area (Å²) < 4.78 is 0. The lowest BCUT2D eigenvalue weighted by molar-refractivity contribution is 0.660. The van der Waals surface area contributed by atoms with E-state index >= 15 is 0 Å². The zero-order valence-corrected chi connectivity index (χ0v) is 24.4. The molecule has 0 aromatic heterocycles. The molecule has 0 saturated heterocycles. The molecule has 0 saturated carbocycles. The summed E-state index contributed by atoms with van der Waals surface area (Å²) in [6.45, 7) is 4.71. The molecule has 1 aliphatic carbocycles. The fourth-order valence-corrected chi connectivity index (χ4v) is 7.03. The summed E-state index contributed by atoms with van der Waals surface area (Å²) in [6.07, 6.45) is 0. The molecular formula is C43H30. The fourth-order valence-electron chi connectivity index (χ4n) is 7.03. The van der Waals surface area contributed by atoms with Crippen molar-refractivity contribution in [3.8, 4) is 45.2 Å². The quantitative estimate of drug-likeness (QED) is 0.149. The van der Waals surface area contributed by atoms with Crippen LogP contribution >= 0.6 is 0 Å². The van der Waals surface area contributed by atoms with Gasteiger partial charge < -0.3 is 0 Å². The monoisotopic (exact) mass is 546 g/mol. The molecule has 0 radical (unpaired) electrons. The minimum atomic E-state index is -0.0656. The fraction of sp³-hybridized carbons (Fsp3) is 0.0698. The predicted molar refractivity (Wildman–Crippen MR) is 182 cm³/mol. The molecule has 7 aromatic carbocycles. The highest BCUT2D eigenvalue weighted by Gasteiger charge is 2.37. The second kappa shape index (κ2) is 9.87. The Balaban J connectivity index is 1.51. The standard InChI is InChI=1S/C43H30/c1-43(2)39-22-12-11-20-36(39)42-37(21-13-23-40(42)43)41-35-19-10-9-18-32(35)33(26-24-29-14-5-3-6-15-29)34-27-25-31(28-38(34)41)30-16-7-4-8-17-30/h3-23,25,27-28H,1-2H3. The summed E-state index contributed by atoms with van der Waals surface area (Å²) in [6, 6.07) is 52.5. The Labute approximate surface area is 253 Å². The zero-order chi connectivity index (χ0) is 29.0. The van der Waals surface area contributed by atoms with Crippen molar-refractivity contribution in [2.45, 2.75) is 19.3 Å². The minimum absolute atomic E-state index is 0.0656. The lowest BCUT2D eigenvalue weighted by Gasteiger charge is -2.22. The molecule has 43 heavy (non-hydrogen) atoms. The Morgan fingerprint density at radius 3 is 1.86 bits per heavy atom. The first-order chi connectivity index (χ1) is 21.1. The summed E-state index contributed by atoms with van der Waals surface area (Å²) in [5, 5.41) is 4.82.